The van der Waals surface area contributed by atoms with E-state index in [1.807, 2.05) is 5.01 Å². The number of carbonyl (C=O) groups excluding carboxylic acids is 1. The lowest BCUT2D eigenvalue weighted by molar-refractivity contribution is -0.00899. The molecule has 0 saturated carbocycles. The largest absolute Gasteiger partial charge is 0.452 e. The van der Waals surface area contributed by atoms with Gasteiger partial charge in [-0.3, -0.25) is 5.01 Å². The fourth-order valence-electron chi connectivity index (χ4n) is 2.58. The number of hydrogen-bond acceptors (Lipinski definition) is 3. The highest BCUT2D eigenvalue weighted by Crippen LogP contribution is 2.40. The van der Waals surface area contributed by atoms with Gasteiger partial charge in [-0.25, -0.2) is 9.80 Å². The second-order valence-corrected chi connectivity index (χ2v) is 5.01. The van der Waals surface area contributed by atoms with Crippen LogP contribution in [0.15, 0.2) is 11.8 Å². The van der Waals surface area contributed by atoms with Gasteiger partial charge in [0.25, 0.3) is 0 Å². The molecule has 0 spiro atoms. The quantitative estimate of drug-likeness (QED) is 0.614. The van der Waals surface area contributed by atoms with E-state index in [-0.39, 0.29) is 17.7 Å². The number of carbonyl (C=O) groups is 1. The van der Waals surface area contributed by atoms with Gasteiger partial charge in [-0.15, -0.1) is 0 Å². The molecule has 0 aromatic rings. The van der Waals surface area contributed by atoms with Crippen molar-refractivity contribution in [3.05, 3.63) is 11.8 Å². The Bertz CT molecular complexity index is 323. The Morgan fingerprint density at radius 3 is 2.80 bits per heavy atom. The predicted octanol–water partition coefficient (Wildman–Crippen LogP) is 2.13. The maximum atomic E-state index is 11.7. The number of methoxy groups -OCH3 is 1. The van der Waals surface area contributed by atoms with Crippen molar-refractivity contribution in [2.24, 2.45) is 0 Å². The molecule has 0 radical (unpaired) electrons. The van der Waals surface area contributed by atoms with E-state index in [0.29, 0.717) is 0 Å². The van der Waals surface area contributed by atoms with Crippen molar-refractivity contribution >= 4 is 6.09 Å². The first-order valence-corrected chi connectivity index (χ1v) is 5.29. The van der Waals surface area contributed by atoms with Crippen molar-refractivity contribution in [3.8, 4) is 0 Å². The SMILES string of the molecule is COC(=O)N1[C@@H]2CC(C)=CN1C(C)(C)C2. The summed E-state index contributed by atoms with van der Waals surface area (Å²) in [6.45, 7) is 6.41. The summed E-state index contributed by atoms with van der Waals surface area (Å²) >= 11 is 0. The normalized spacial score (nSPS) is 27.7. The van der Waals surface area contributed by atoms with Crippen LogP contribution in [0.3, 0.4) is 0 Å². The summed E-state index contributed by atoms with van der Waals surface area (Å²) in [7, 11) is 1.43. The molecule has 1 amide bonds. The Hall–Kier alpha value is -1.19. The summed E-state index contributed by atoms with van der Waals surface area (Å²) in [5.41, 5.74) is 1.34. The van der Waals surface area contributed by atoms with E-state index in [1.54, 1.807) is 5.01 Å². The highest BCUT2D eigenvalue weighted by Gasteiger charge is 2.48. The monoisotopic (exact) mass is 210 g/mol. The van der Waals surface area contributed by atoms with Crippen molar-refractivity contribution in [3.63, 3.8) is 0 Å². The zero-order valence-corrected chi connectivity index (χ0v) is 9.78. The van der Waals surface area contributed by atoms with E-state index in [4.69, 9.17) is 4.74 Å². The first kappa shape index (κ1) is 10.3. The van der Waals surface area contributed by atoms with E-state index in [9.17, 15) is 4.79 Å². The molecule has 0 aromatic heterocycles. The molecule has 0 aromatic carbocycles. The van der Waals surface area contributed by atoms with E-state index < -0.39 is 0 Å². The minimum atomic E-state index is -0.255. The molecule has 2 aliphatic heterocycles. The third-order valence-corrected chi connectivity index (χ3v) is 3.20. The fourth-order valence-corrected chi connectivity index (χ4v) is 2.58. The predicted molar refractivity (Wildman–Crippen MR) is 56.9 cm³/mol. The minimum absolute atomic E-state index is 0.0105. The number of hydrazine groups is 1. The zero-order valence-electron chi connectivity index (χ0n) is 9.78. The number of nitrogens with zero attached hydrogens (tertiary/aromatic N) is 2. The first-order chi connectivity index (χ1) is 6.95. The molecule has 0 aliphatic carbocycles. The minimum Gasteiger partial charge on any atom is -0.452 e. The van der Waals surface area contributed by atoms with Gasteiger partial charge in [-0.05, 0) is 33.6 Å². The van der Waals surface area contributed by atoms with E-state index in [1.165, 1.54) is 12.7 Å². The molecule has 0 N–H and O–H groups in total. The van der Waals surface area contributed by atoms with Gasteiger partial charge in [0.05, 0.1) is 18.7 Å². The van der Waals surface area contributed by atoms with Crippen molar-refractivity contribution in [1.82, 2.24) is 10.0 Å². The van der Waals surface area contributed by atoms with Gasteiger partial charge in [0.2, 0.25) is 0 Å². The second kappa shape index (κ2) is 3.15. The molecule has 84 valence electrons. The molecule has 2 heterocycles. The van der Waals surface area contributed by atoms with Gasteiger partial charge in [-0.2, -0.15) is 0 Å². The maximum Gasteiger partial charge on any atom is 0.428 e. The van der Waals surface area contributed by atoms with E-state index in [2.05, 4.69) is 27.0 Å². The van der Waals surface area contributed by atoms with E-state index in [0.717, 1.165) is 12.8 Å². The highest BCUT2D eigenvalue weighted by atomic mass is 16.5. The number of hydrogen-bond donors (Lipinski definition) is 0. The molecule has 0 unspecified atom stereocenters. The lowest BCUT2D eigenvalue weighted by Crippen LogP contribution is -2.49. The molecular weight excluding hydrogens is 192 g/mol. The van der Waals surface area contributed by atoms with Crippen LogP contribution in [0.1, 0.15) is 33.6 Å². The molecule has 1 atom stereocenters. The summed E-state index contributed by atoms with van der Waals surface area (Å²) in [5.74, 6) is 0. The van der Waals surface area contributed by atoms with Crippen LogP contribution in [0, 0.1) is 0 Å². The van der Waals surface area contributed by atoms with Crippen LogP contribution in [-0.4, -0.2) is 34.8 Å². The van der Waals surface area contributed by atoms with Crippen LogP contribution in [-0.2, 0) is 4.74 Å². The molecule has 1 fully saturated rings. The van der Waals surface area contributed by atoms with E-state index >= 15 is 0 Å². The van der Waals surface area contributed by atoms with Crippen LogP contribution in [0.5, 0.6) is 0 Å². The lowest BCUT2D eigenvalue weighted by atomic mass is 9.96. The molecule has 4 heteroatoms. The molecule has 2 rings (SSSR count). The number of rotatable bonds is 0. The fraction of sp³-hybridized carbons (Fsp3) is 0.727. The van der Waals surface area contributed by atoms with Crippen molar-refractivity contribution in [2.45, 2.75) is 45.2 Å². The van der Waals surface area contributed by atoms with Crippen LogP contribution < -0.4 is 0 Å². The molecule has 15 heavy (non-hydrogen) atoms. The van der Waals surface area contributed by atoms with Gasteiger partial charge in [0.15, 0.2) is 0 Å². The molecule has 2 aliphatic rings. The van der Waals surface area contributed by atoms with Crippen LogP contribution >= 0.6 is 0 Å². The standard InChI is InChI=1S/C11H18N2O2/c1-8-5-9-6-11(2,3)12(7-8)13(9)10(14)15-4/h7,9H,5-6H2,1-4H3/t9-/m1/s1. The molecule has 2 bridgehead atoms. The van der Waals surface area contributed by atoms with Gasteiger partial charge < -0.3 is 4.74 Å². The lowest BCUT2D eigenvalue weighted by Gasteiger charge is -2.39. The summed E-state index contributed by atoms with van der Waals surface area (Å²) in [6, 6.07) is 0.262. The highest BCUT2D eigenvalue weighted by molar-refractivity contribution is 5.68. The topological polar surface area (TPSA) is 32.8 Å². The van der Waals surface area contributed by atoms with Crippen LogP contribution in [0.4, 0.5) is 4.79 Å². The Morgan fingerprint density at radius 2 is 2.27 bits per heavy atom. The number of amides is 1. The van der Waals surface area contributed by atoms with Crippen molar-refractivity contribution < 1.29 is 9.53 Å². The summed E-state index contributed by atoms with van der Waals surface area (Å²) in [6.07, 6.45) is 3.75. The van der Waals surface area contributed by atoms with Gasteiger partial charge in [0.1, 0.15) is 0 Å². The third-order valence-electron chi connectivity index (χ3n) is 3.20. The summed E-state index contributed by atoms with van der Waals surface area (Å²) in [4.78, 5) is 11.7. The average Bonchev–Trinajstić information content (AvgIpc) is 2.30. The van der Waals surface area contributed by atoms with Gasteiger partial charge in [0, 0.05) is 6.20 Å². The Kier molecular flexibility index (Phi) is 2.17. The Morgan fingerprint density at radius 1 is 1.60 bits per heavy atom. The third kappa shape index (κ3) is 1.48. The Labute approximate surface area is 90.5 Å². The summed E-state index contributed by atoms with van der Waals surface area (Å²) < 4.78 is 4.82. The zero-order chi connectivity index (χ0) is 11.2. The van der Waals surface area contributed by atoms with Crippen molar-refractivity contribution in [2.75, 3.05) is 7.11 Å². The maximum absolute atomic E-state index is 11.7. The number of fused-ring (bicyclic) bond motifs is 2. The summed E-state index contributed by atoms with van der Waals surface area (Å²) in [5, 5.41) is 3.76. The Balaban J connectivity index is 2.34. The van der Waals surface area contributed by atoms with Crippen LogP contribution in [0.25, 0.3) is 0 Å². The van der Waals surface area contributed by atoms with Crippen LogP contribution in [0.2, 0.25) is 0 Å². The molecular formula is C11H18N2O2. The van der Waals surface area contributed by atoms with Gasteiger partial charge in [-0.1, -0.05) is 5.57 Å². The smallest absolute Gasteiger partial charge is 0.428 e. The first-order valence-electron chi connectivity index (χ1n) is 5.29. The molecule has 4 nitrogen and oxygen atoms in total. The second-order valence-electron chi connectivity index (χ2n) is 5.01. The van der Waals surface area contributed by atoms with Crippen molar-refractivity contribution in [1.29, 1.82) is 0 Å². The average molecular weight is 210 g/mol. The molecule has 1 saturated heterocycles. The number of ether oxygens (including phenoxy) is 1. The van der Waals surface area contributed by atoms with Gasteiger partial charge >= 0.3 is 6.09 Å².